The number of carbonyl (C=O) groups excluding carboxylic acids is 1. The number of carbonyl (C=O) groups is 1. The molecule has 1 aliphatic heterocycles. The molecule has 0 aromatic heterocycles. The molecule has 0 saturated carbocycles. The lowest BCUT2D eigenvalue weighted by atomic mass is 9.87. The van der Waals surface area contributed by atoms with Gasteiger partial charge >= 0.3 is 0 Å². The number of hydrogen-bond donors (Lipinski definition) is 1. The fourth-order valence-electron chi connectivity index (χ4n) is 4.08. The summed E-state index contributed by atoms with van der Waals surface area (Å²) >= 11 is 0. The molecular weight excluding hydrogens is 344 g/mol. The van der Waals surface area contributed by atoms with Gasteiger partial charge < -0.3 is 5.32 Å². The highest BCUT2D eigenvalue weighted by atomic mass is 16.2. The van der Waals surface area contributed by atoms with Crippen LogP contribution in [0, 0.1) is 19.8 Å². The van der Waals surface area contributed by atoms with Gasteiger partial charge in [0.25, 0.3) is 0 Å². The third-order valence-corrected chi connectivity index (χ3v) is 6.20. The van der Waals surface area contributed by atoms with Crippen molar-refractivity contribution in [2.45, 2.75) is 65.6 Å². The molecule has 1 heterocycles. The van der Waals surface area contributed by atoms with E-state index < -0.39 is 0 Å². The van der Waals surface area contributed by atoms with Crippen molar-refractivity contribution in [3.05, 3.63) is 70.8 Å². The van der Waals surface area contributed by atoms with Crippen molar-refractivity contribution in [1.29, 1.82) is 0 Å². The summed E-state index contributed by atoms with van der Waals surface area (Å²) in [7, 11) is 0. The van der Waals surface area contributed by atoms with E-state index >= 15 is 0 Å². The molecule has 3 unspecified atom stereocenters. The summed E-state index contributed by atoms with van der Waals surface area (Å²) in [6.07, 6.45) is 2.94. The van der Waals surface area contributed by atoms with Gasteiger partial charge in [0.15, 0.2) is 0 Å². The van der Waals surface area contributed by atoms with Crippen LogP contribution >= 0.6 is 0 Å². The third-order valence-electron chi connectivity index (χ3n) is 6.20. The second-order valence-electron chi connectivity index (χ2n) is 8.37. The van der Waals surface area contributed by atoms with E-state index in [1.807, 2.05) is 0 Å². The standard InChI is InChI=1S/C25H34N2O/c1-5-20(4)26-25(28)23-13-14-24(22-9-7-6-8-10-22)27(17-23)16-21-12-11-18(2)19(3)15-21/h6-12,15,20,23-24H,5,13-14,16-17H2,1-4H3,(H,26,28). The lowest BCUT2D eigenvalue weighted by Crippen LogP contribution is -2.46. The molecular formula is C25H34N2O. The zero-order valence-electron chi connectivity index (χ0n) is 17.7. The maximum Gasteiger partial charge on any atom is 0.224 e. The van der Waals surface area contributed by atoms with E-state index in [2.05, 4.69) is 86.4 Å². The van der Waals surface area contributed by atoms with Crippen molar-refractivity contribution < 1.29 is 4.79 Å². The topological polar surface area (TPSA) is 32.3 Å². The molecule has 1 aliphatic rings. The van der Waals surface area contributed by atoms with Crippen molar-refractivity contribution in [2.75, 3.05) is 6.54 Å². The zero-order chi connectivity index (χ0) is 20.1. The highest BCUT2D eigenvalue weighted by Crippen LogP contribution is 2.34. The van der Waals surface area contributed by atoms with Gasteiger partial charge in [0, 0.05) is 25.2 Å². The van der Waals surface area contributed by atoms with Crippen molar-refractivity contribution in [3.63, 3.8) is 0 Å². The molecule has 1 N–H and O–H groups in total. The Morgan fingerprint density at radius 2 is 1.86 bits per heavy atom. The van der Waals surface area contributed by atoms with Crippen LogP contribution in [0.5, 0.6) is 0 Å². The molecule has 1 amide bonds. The molecule has 0 bridgehead atoms. The minimum atomic E-state index is 0.0699. The van der Waals surface area contributed by atoms with E-state index in [9.17, 15) is 4.79 Å². The minimum Gasteiger partial charge on any atom is -0.353 e. The molecule has 1 fully saturated rings. The average Bonchev–Trinajstić information content (AvgIpc) is 2.71. The van der Waals surface area contributed by atoms with Gasteiger partial charge in [0.05, 0.1) is 5.92 Å². The maximum atomic E-state index is 12.8. The van der Waals surface area contributed by atoms with Gasteiger partial charge in [-0.25, -0.2) is 0 Å². The maximum absolute atomic E-state index is 12.8. The Labute approximate surface area is 170 Å². The number of piperidine rings is 1. The average molecular weight is 379 g/mol. The van der Waals surface area contributed by atoms with Gasteiger partial charge in [-0.15, -0.1) is 0 Å². The van der Waals surface area contributed by atoms with E-state index in [1.165, 1.54) is 22.3 Å². The van der Waals surface area contributed by atoms with Crippen LogP contribution in [0.3, 0.4) is 0 Å². The number of hydrogen-bond acceptors (Lipinski definition) is 2. The van der Waals surface area contributed by atoms with Crippen LogP contribution in [0.25, 0.3) is 0 Å². The van der Waals surface area contributed by atoms with Gasteiger partial charge in [-0.1, -0.05) is 55.5 Å². The van der Waals surface area contributed by atoms with Crippen LogP contribution in [0.4, 0.5) is 0 Å². The molecule has 3 rings (SSSR count). The van der Waals surface area contributed by atoms with Gasteiger partial charge in [0.1, 0.15) is 0 Å². The molecule has 1 saturated heterocycles. The molecule has 0 radical (unpaired) electrons. The number of benzene rings is 2. The van der Waals surface area contributed by atoms with Gasteiger partial charge in [0.2, 0.25) is 5.91 Å². The molecule has 3 heteroatoms. The number of nitrogens with zero attached hydrogens (tertiary/aromatic N) is 1. The molecule has 0 spiro atoms. The Balaban J connectivity index is 1.80. The first kappa shape index (κ1) is 20.6. The minimum absolute atomic E-state index is 0.0699. The summed E-state index contributed by atoms with van der Waals surface area (Å²) in [4.78, 5) is 15.3. The molecule has 0 aliphatic carbocycles. The molecule has 3 nitrogen and oxygen atoms in total. The summed E-state index contributed by atoms with van der Waals surface area (Å²) in [5.74, 6) is 0.284. The highest BCUT2D eigenvalue weighted by molar-refractivity contribution is 5.79. The van der Waals surface area contributed by atoms with Crippen LogP contribution in [0.1, 0.15) is 61.4 Å². The van der Waals surface area contributed by atoms with Gasteiger partial charge in [-0.3, -0.25) is 9.69 Å². The summed E-state index contributed by atoms with van der Waals surface area (Å²) in [5.41, 5.74) is 5.34. The van der Waals surface area contributed by atoms with Crippen LogP contribution in [-0.2, 0) is 11.3 Å². The first-order valence-corrected chi connectivity index (χ1v) is 10.6. The number of amides is 1. The number of nitrogens with one attached hydrogen (secondary N) is 1. The quantitative estimate of drug-likeness (QED) is 0.752. The number of rotatable bonds is 6. The first-order chi connectivity index (χ1) is 13.5. The lowest BCUT2D eigenvalue weighted by Gasteiger charge is -2.40. The Bertz CT molecular complexity index is 786. The Hall–Kier alpha value is -2.13. The molecule has 150 valence electrons. The van der Waals surface area contributed by atoms with Crippen LogP contribution in [0.15, 0.2) is 48.5 Å². The van der Waals surface area contributed by atoms with Crippen LogP contribution in [-0.4, -0.2) is 23.4 Å². The Morgan fingerprint density at radius 3 is 2.54 bits per heavy atom. The Morgan fingerprint density at radius 1 is 1.11 bits per heavy atom. The summed E-state index contributed by atoms with van der Waals surface area (Å²) in [5, 5.41) is 3.19. The SMILES string of the molecule is CCC(C)NC(=O)C1CCC(c2ccccc2)N(Cc2ccc(C)c(C)c2)C1. The third kappa shape index (κ3) is 5.02. The lowest BCUT2D eigenvalue weighted by molar-refractivity contribution is -0.128. The van der Waals surface area contributed by atoms with Crippen molar-refractivity contribution in [2.24, 2.45) is 5.92 Å². The van der Waals surface area contributed by atoms with Gasteiger partial charge in [-0.05, 0) is 62.3 Å². The van der Waals surface area contributed by atoms with E-state index in [4.69, 9.17) is 0 Å². The zero-order valence-corrected chi connectivity index (χ0v) is 17.7. The van der Waals surface area contributed by atoms with Crippen molar-refractivity contribution >= 4 is 5.91 Å². The number of aryl methyl sites for hydroxylation is 2. The fraction of sp³-hybridized carbons (Fsp3) is 0.480. The first-order valence-electron chi connectivity index (χ1n) is 10.6. The normalized spacial score (nSPS) is 21.3. The molecule has 2 aromatic carbocycles. The van der Waals surface area contributed by atoms with Crippen LogP contribution < -0.4 is 5.32 Å². The van der Waals surface area contributed by atoms with Crippen molar-refractivity contribution in [3.8, 4) is 0 Å². The summed E-state index contributed by atoms with van der Waals surface area (Å²) in [6, 6.07) is 18.1. The number of likely N-dealkylation sites (tertiary alicyclic amines) is 1. The largest absolute Gasteiger partial charge is 0.353 e. The molecule has 3 atom stereocenters. The monoisotopic (exact) mass is 378 g/mol. The second-order valence-corrected chi connectivity index (χ2v) is 8.37. The fourth-order valence-corrected chi connectivity index (χ4v) is 4.08. The smallest absolute Gasteiger partial charge is 0.224 e. The summed E-state index contributed by atoms with van der Waals surface area (Å²) < 4.78 is 0. The van der Waals surface area contributed by atoms with E-state index in [1.54, 1.807) is 0 Å². The summed E-state index contributed by atoms with van der Waals surface area (Å²) in [6.45, 7) is 10.2. The highest BCUT2D eigenvalue weighted by Gasteiger charge is 2.33. The van der Waals surface area contributed by atoms with Crippen molar-refractivity contribution in [1.82, 2.24) is 10.2 Å². The predicted octanol–water partition coefficient (Wildman–Crippen LogP) is 5.17. The van der Waals surface area contributed by atoms with Gasteiger partial charge in [-0.2, -0.15) is 0 Å². The van der Waals surface area contributed by atoms with E-state index in [-0.39, 0.29) is 17.9 Å². The molecule has 2 aromatic rings. The predicted molar refractivity (Wildman–Crippen MR) is 116 cm³/mol. The molecule has 28 heavy (non-hydrogen) atoms. The van der Waals surface area contributed by atoms with E-state index in [0.29, 0.717) is 6.04 Å². The van der Waals surface area contributed by atoms with E-state index in [0.717, 1.165) is 32.4 Å². The second kappa shape index (κ2) is 9.38. The van der Waals surface area contributed by atoms with Crippen LogP contribution in [0.2, 0.25) is 0 Å². The Kier molecular flexibility index (Phi) is 6.90.